The van der Waals surface area contributed by atoms with Crippen molar-refractivity contribution in [3.8, 4) is 0 Å². The summed E-state index contributed by atoms with van der Waals surface area (Å²) in [5.74, 6) is -2.83. The Morgan fingerprint density at radius 2 is 1.42 bits per heavy atom. The first-order valence-electron chi connectivity index (χ1n) is 10.5. The van der Waals surface area contributed by atoms with E-state index in [2.05, 4.69) is 31.9 Å². The fourth-order valence-corrected chi connectivity index (χ4v) is 5.38. The number of nitrogens with one attached hydrogen (secondary N) is 1. The minimum Gasteiger partial charge on any atom is -0.507 e. The maximum absolute atomic E-state index is 13.2. The lowest BCUT2D eigenvalue weighted by Gasteiger charge is -2.25. The Hall–Kier alpha value is -3.28. The van der Waals surface area contributed by atoms with Crippen LogP contribution in [0.2, 0.25) is 0 Å². The molecule has 1 unspecified atom stereocenters. The summed E-state index contributed by atoms with van der Waals surface area (Å²) in [6.07, 6.45) is 0. The first-order chi connectivity index (χ1) is 17.0. The Morgan fingerprint density at radius 1 is 0.889 bits per heavy atom. The quantitative estimate of drug-likeness (QED) is 0.239. The Balaban J connectivity index is 1.86. The largest absolute Gasteiger partial charge is 0.507 e. The lowest BCUT2D eigenvalue weighted by Crippen LogP contribution is -2.30. The first kappa shape index (κ1) is 25.8. The molecule has 3 aromatic carbocycles. The number of halogens is 2. The Morgan fingerprint density at radius 3 is 1.94 bits per heavy atom. The highest BCUT2D eigenvalue weighted by atomic mass is 79.9. The van der Waals surface area contributed by atoms with Gasteiger partial charge in [0.25, 0.3) is 21.7 Å². The van der Waals surface area contributed by atoms with Crippen LogP contribution in [0.4, 0.5) is 5.69 Å². The van der Waals surface area contributed by atoms with E-state index in [1.54, 1.807) is 48.5 Å². The zero-order chi connectivity index (χ0) is 26.2. The first-order valence-corrected chi connectivity index (χ1v) is 13.5. The van der Waals surface area contributed by atoms with Gasteiger partial charge in [0.15, 0.2) is 0 Å². The van der Waals surface area contributed by atoms with Crippen molar-refractivity contribution in [1.29, 1.82) is 0 Å². The Labute approximate surface area is 223 Å². The molecule has 2 amide bonds. The van der Waals surface area contributed by atoms with Crippen LogP contribution >= 0.6 is 31.9 Å². The van der Waals surface area contributed by atoms with Crippen molar-refractivity contribution in [2.45, 2.75) is 17.9 Å². The number of aliphatic hydroxyl groups is 1. The average molecular weight is 634 g/mol. The van der Waals surface area contributed by atoms with Crippen LogP contribution in [0.15, 0.2) is 92.2 Å². The minimum absolute atomic E-state index is 0.0976. The molecule has 4 rings (SSSR count). The third-order valence-electron chi connectivity index (χ3n) is 5.45. The molecule has 1 heterocycles. The van der Waals surface area contributed by atoms with Crippen LogP contribution in [0.1, 0.15) is 24.1 Å². The summed E-state index contributed by atoms with van der Waals surface area (Å²) in [5.41, 5.74) is 1.06. The van der Waals surface area contributed by atoms with Crippen molar-refractivity contribution < 1.29 is 27.9 Å². The Bertz CT molecular complexity index is 1500. The Kier molecular flexibility index (Phi) is 7.17. The lowest BCUT2D eigenvalue weighted by molar-refractivity contribution is -0.132. The van der Waals surface area contributed by atoms with Gasteiger partial charge in [-0.15, -0.1) is 0 Å². The van der Waals surface area contributed by atoms with Crippen LogP contribution in [-0.4, -0.2) is 31.1 Å². The predicted molar refractivity (Wildman–Crippen MR) is 141 cm³/mol. The molecule has 0 radical (unpaired) electrons. The number of hydrogen-bond acceptors (Lipinski definition) is 6. The normalized spacial score (nSPS) is 17.3. The van der Waals surface area contributed by atoms with E-state index in [1.807, 2.05) is 4.72 Å². The standard InChI is InChI=1S/C25H18Br2N2O6S/c1-14(30)28-36(34,35)20-12-10-19(11-13-20)29-22(15-2-6-17(26)7-3-15)21(24(32)25(29)33)23(31)16-4-8-18(27)9-5-16/h2-13,22,31H,1H3,(H,28,30)/b23-21+. The van der Waals surface area contributed by atoms with Crippen molar-refractivity contribution in [3.63, 3.8) is 0 Å². The molecule has 1 saturated heterocycles. The van der Waals surface area contributed by atoms with Gasteiger partial charge in [0.1, 0.15) is 5.76 Å². The van der Waals surface area contributed by atoms with Crippen LogP contribution in [0.5, 0.6) is 0 Å². The van der Waals surface area contributed by atoms with Crippen molar-refractivity contribution in [2.24, 2.45) is 0 Å². The number of anilines is 1. The lowest BCUT2D eigenvalue weighted by atomic mass is 9.95. The number of benzene rings is 3. The second kappa shape index (κ2) is 10.00. The second-order valence-electron chi connectivity index (χ2n) is 7.88. The molecular weight excluding hydrogens is 616 g/mol. The van der Waals surface area contributed by atoms with E-state index >= 15 is 0 Å². The van der Waals surface area contributed by atoms with Gasteiger partial charge in [-0.3, -0.25) is 19.3 Å². The minimum atomic E-state index is -4.09. The molecule has 3 aromatic rings. The van der Waals surface area contributed by atoms with Crippen molar-refractivity contribution in [2.75, 3.05) is 4.90 Å². The second-order valence-corrected chi connectivity index (χ2v) is 11.4. The number of carbonyl (C=O) groups is 3. The molecule has 0 bridgehead atoms. The number of rotatable bonds is 5. The molecular formula is C25H18Br2N2O6S. The van der Waals surface area contributed by atoms with E-state index < -0.39 is 33.7 Å². The molecule has 11 heteroatoms. The molecule has 1 aliphatic heterocycles. The number of hydrogen-bond donors (Lipinski definition) is 2. The highest BCUT2D eigenvalue weighted by Gasteiger charge is 2.47. The van der Waals surface area contributed by atoms with Crippen molar-refractivity contribution >= 4 is 70.9 Å². The van der Waals surface area contributed by atoms with Crippen molar-refractivity contribution in [3.05, 3.63) is 98.4 Å². The molecule has 36 heavy (non-hydrogen) atoms. The van der Waals surface area contributed by atoms with E-state index in [4.69, 9.17) is 0 Å². The molecule has 0 aliphatic carbocycles. The number of ketones is 1. The van der Waals surface area contributed by atoms with Gasteiger partial charge in [0, 0.05) is 27.1 Å². The van der Waals surface area contributed by atoms with E-state index in [-0.39, 0.29) is 21.9 Å². The van der Waals surface area contributed by atoms with Gasteiger partial charge in [-0.1, -0.05) is 56.1 Å². The summed E-state index contributed by atoms with van der Waals surface area (Å²) in [6.45, 7) is 1.08. The van der Waals surface area contributed by atoms with Gasteiger partial charge in [0.2, 0.25) is 5.91 Å². The predicted octanol–water partition coefficient (Wildman–Crippen LogP) is 4.66. The topological polar surface area (TPSA) is 121 Å². The summed E-state index contributed by atoms with van der Waals surface area (Å²) >= 11 is 6.70. The summed E-state index contributed by atoms with van der Waals surface area (Å²) in [4.78, 5) is 38.7. The van der Waals surface area contributed by atoms with E-state index in [0.717, 1.165) is 15.9 Å². The molecule has 1 atom stereocenters. The van der Waals surface area contributed by atoms with E-state index in [9.17, 15) is 27.9 Å². The molecule has 1 aliphatic rings. The number of nitrogens with zero attached hydrogens (tertiary/aromatic N) is 1. The zero-order valence-electron chi connectivity index (χ0n) is 18.6. The van der Waals surface area contributed by atoms with Crippen LogP contribution in [0.3, 0.4) is 0 Å². The van der Waals surface area contributed by atoms with Gasteiger partial charge in [-0.25, -0.2) is 13.1 Å². The molecule has 0 aromatic heterocycles. The van der Waals surface area contributed by atoms with Crippen LogP contribution < -0.4 is 9.62 Å². The number of Topliss-reactive ketones (excluding diaryl/α,β-unsaturated/α-hetero) is 1. The summed E-state index contributed by atoms with van der Waals surface area (Å²) < 4.78 is 28.1. The highest BCUT2D eigenvalue weighted by molar-refractivity contribution is 9.10. The summed E-state index contributed by atoms with van der Waals surface area (Å²) in [5, 5.41) is 11.1. The summed E-state index contributed by atoms with van der Waals surface area (Å²) in [7, 11) is -4.09. The molecule has 2 N–H and O–H groups in total. The molecule has 1 fully saturated rings. The fraction of sp³-hybridized carbons (Fsp3) is 0.0800. The van der Waals surface area contributed by atoms with E-state index in [1.165, 1.54) is 29.2 Å². The number of carbonyl (C=O) groups excluding carboxylic acids is 3. The van der Waals surface area contributed by atoms with Gasteiger partial charge < -0.3 is 5.11 Å². The van der Waals surface area contributed by atoms with Crippen LogP contribution in [0, 0.1) is 0 Å². The number of sulfonamides is 1. The number of aliphatic hydroxyl groups excluding tert-OH is 1. The van der Waals surface area contributed by atoms with Gasteiger partial charge in [-0.05, 0) is 54.1 Å². The summed E-state index contributed by atoms with van der Waals surface area (Å²) in [6, 6.07) is 17.8. The maximum Gasteiger partial charge on any atom is 0.300 e. The third-order valence-corrected chi connectivity index (χ3v) is 7.96. The molecule has 0 saturated carbocycles. The molecule has 8 nitrogen and oxygen atoms in total. The van der Waals surface area contributed by atoms with Gasteiger partial charge >= 0.3 is 0 Å². The van der Waals surface area contributed by atoms with Crippen LogP contribution in [-0.2, 0) is 24.4 Å². The fourth-order valence-electron chi connectivity index (χ4n) is 3.86. The SMILES string of the molecule is CC(=O)NS(=O)(=O)c1ccc(N2C(=O)C(=O)/C(=C(/O)c3ccc(Br)cc3)C2c2ccc(Br)cc2)cc1. The smallest absolute Gasteiger partial charge is 0.300 e. The third kappa shape index (κ3) is 4.99. The van der Waals surface area contributed by atoms with Crippen LogP contribution in [0.25, 0.3) is 5.76 Å². The van der Waals surface area contributed by atoms with E-state index in [0.29, 0.717) is 11.1 Å². The molecule has 184 valence electrons. The van der Waals surface area contributed by atoms with Crippen molar-refractivity contribution in [1.82, 2.24) is 4.72 Å². The maximum atomic E-state index is 13.2. The molecule has 0 spiro atoms. The highest BCUT2D eigenvalue weighted by Crippen LogP contribution is 2.42. The zero-order valence-corrected chi connectivity index (χ0v) is 22.6. The van der Waals surface area contributed by atoms with Gasteiger partial charge in [0.05, 0.1) is 16.5 Å². The monoisotopic (exact) mass is 632 g/mol. The average Bonchev–Trinajstić information content (AvgIpc) is 3.09. The van der Waals surface area contributed by atoms with Gasteiger partial charge in [-0.2, -0.15) is 0 Å². The number of amides is 2.